The van der Waals surface area contributed by atoms with Crippen molar-refractivity contribution in [3.8, 4) is 0 Å². The second kappa shape index (κ2) is 1.29. The fraction of sp³-hybridized carbons (Fsp3) is 0.667. The lowest BCUT2D eigenvalue weighted by Gasteiger charge is -1.96. The number of hydrogen-bond donors (Lipinski definition) is 1. The van der Waals surface area contributed by atoms with Gasteiger partial charge in [0.2, 0.25) is 0 Å². The van der Waals surface area contributed by atoms with Gasteiger partial charge in [-0.15, -0.1) is 0 Å². The zero-order valence-corrected chi connectivity index (χ0v) is 3.92. The normalized spacial score (nSPS) is 28.1. The van der Waals surface area contributed by atoms with E-state index in [0.717, 1.165) is 0 Å². The highest BCUT2D eigenvalue weighted by molar-refractivity contribution is 5.71. The molecule has 1 atom stereocenters. The molecule has 0 radical (unpaired) electrons. The topological polar surface area (TPSA) is 56.8 Å². The molecule has 1 rings (SSSR count). The lowest BCUT2D eigenvalue weighted by atomic mass is 10.8. The minimum Gasteiger partial charge on any atom is -0.421 e. The van der Waals surface area contributed by atoms with Crippen LogP contribution in [0.4, 0.5) is 0 Å². The molecule has 0 saturated heterocycles. The van der Waals surface area contributed by atoms with Gasteiger partial charge in [0.05, 0.1) is 0 Å². The van der Waals surface area contributed by atoms with E-state index in [1.165, 1.54) is 0 Å². The van der Waals surface area contributed by atoms with Gasteiger partial charge < -0.3 is 15.3 Å². The summed E-state index contributed by atoms with van der Waals surface area (Å²) in [6.07, 6.45) is -0.306. The van der Waals surface area contributed by atoms with E-state index < -0.39 is 0 Å². The molecule has 0 amide bonds. The van der Waals surface area contributed by atoms with E-state index in [-0.39, 0.29) is 12.3 Å². The monoisotopic (exact) mass is 102 g/mol. The molecule has 1 unspecified atom stereocenters. The van der Waals surface area contributed by atoms with Crippen molar-refractivity contribution in [2.75, 3.05) is 0 Å². The molecule has 0 fully saturated rings. The minimum absolute atomic E-state index is 0.104. The number of nitrogens with two attached hydrogens (primary N) is 1. The Morgan fingerprint density at radius 2 is 2.57 bits per heavy atom. The van der Waals surface area contributed by atoms with Crippen molar-refractivity contribution in [3.63, 3.8) is 0 Å². The molecule has 0 saturated carbocycles. The van der Waals surface area contributed by atoms with Crippen LogP contribution in [0, 0.1) is 0 Å². The molecule has 40 valence electrons. The number of rotatable bonds is 0. The summed E-state index contributed by atoms with van der Waals surface area (Å²) in [5, 5.41) is 3.29. The fourth-order valence-corrected chi connectivity index (χ4v) is 0.339. The van der Waals surface area contributed by atoms with E-state index in [1.54, 1.807) is 6.92 Å². The second-order valence-electron chi connectivity index (χ2n) is 1.22. The standard InChI is InChI=1S/C3H6N2O2/c1-2-6-3(4)5-7-2/h2H,1H3,(H2,4,5). The van der Waals surface area contributed by atoms with Gasteiger partial charge in [-0.1, -0.05) is 0 Å². The highest BCUT2D eigenvalue weighted by Gasteiger charge is 2.11. The van der Waals surface area contributed by atoms with E-state index >= 15 is 0 Å². The van der Waals surface area contributed by atoms with Gasteiger partial charge in [0.1, 0.15) is 0 Å². The van der Waals surface area contributed by atoms with Crippen LogP contribution in [0.25, 0.3) is 0 Å². The Bertz CT molecular complexity index is 101. The molecule has 0 aromatic carbocycles. The first-order valence-corrected chi connectivity index (χ1v) is 1.95. The van der Waals surface area contributed by atoms with Crippen LogP contribution in [0.1, 0.15) is 6.92 Å². The zero-order valence-electron chi connectivity index (χ0n) is 3.92. The lowest BCUT2D eigenvalue weighted by Crippen LogP contribution is -2.14. The van der Waals surface area contributed by atoms with E-state index in [1.807, 2.05) is 0 Å². The Balaban J connectivity index is 2.42. The predicted octanol–water partition coefficient (Wildman–Crippen LogP) is -0.391. The van der Waals surface area contributed by atoms with Crippen molar-refractivity contribution < 1.29 is 9.57 Å². The molecule has 1 aliphatic rings. The summed E-state index contributed by atoms with van der Waals surface area (Å²) in [7, 11) is 0. The fourth-order valence-electron chi connectivity index (χ4n) is 0.339. The molecule has 1 aliphatic heterocycles. The highest BCUT2D eigenvalue weighted by Crippen LogP contribution is 2.00. The van der Waals surface area contributed by atoms with Gasteiger partial charge in [0, 0.05) is 6.92 Å². The second-order valence-corrected chi connectivity index (χ2v) is 1.22. The Kier molecular flexibility index (Phi) is 0.780. The number of amidine groups is 1. The summed E-state index contributed by atoms with van der Waals surface area (Å²) >= 11 is 0. The van der Waals surface area contributed by atoms with Crippen LogP contribution in [-0.2, 0) is 9.57 Å². The number of nitrogens with zero attached hydrogens (tertiary/aromatic N) is 1. The Morgan fingerprint density at radius 1 is 1.86 bits per heavy atom. The predicted molar refractivity (Wildman–Crippen MR) is 23.3 cm³/mol. The highest BCUT2D eigenvalue weighted by atomic mass is 16.8. The quantitative estimate of drug-likeness (QED) is 0.453. The third-order valence-electron chi connectivity index (χ3n) is 0.578. The van der Waals surface area contributed by atoms with Crippen molar-refractivity contribution in [1.29, 1.82) is 0 Å². The first-order valence-electron chi connectivity index (χ1n) is 1.95. The maximum Gasteiger partial charge on any atom is 0.324 e. The number of oxime groups is 1. The summed E-state index contributed by atoms with van der Waals surface area (Å²) in [5.74, 6) is 0. The third-order valence-corrected chi connectivity index (χ3v) is 0.578. The van der Waals surface area contributed by atoms with Crippen LogP contribution in [0.5, 0.6) is 0 Å². The molecule has 4 nitrogen and oxygen atoms in total. The molecule has 0 spiro atoms. The molecule has 0 bridgehead atoms. The summed E-state index contributed by atoms with van der Waals surface area (Å²) < 4.78 is 4.67. The maximum absolute atomic E-state index is 5.03. The largest absolute Gasteiger partial charge is 0.421 e. The van der Waals surface area contributed by atoms with Crippen molar-refractivity contribution >= 4 is 6.02 Å². The SMILES string of the molecule is CC1ON=C(N)O1. The molecular weight excluding hydrogens is 96.0 g/mol. The molecular formula is C3H6N2O2. The van der Waals surface area contributed by atoms with E-state index in [4.69, 9.17) is 5.73 Å². The van der Waals surface area contributed by atoms with Gasteiger partial charge in [-0.25, -0.2) is 0 Å². The molecule has 1 heterocycles. The summed E-state index contributed by atoms with van der Waals surface area (Å²) in [6, 6.07) is 0.104. The first-order chi connectivity index (χ1) is 3.29. The molecule has 0 aromatic rings. The van der Waals surface area contributed by atoms with Crippen molar-refractivity contribution in [2.24, 2.45) is 10.9 Å². The van der Waals surface area contributed by atoms with Crippen LogP contribution in [0.2, 0.25) is 0 Å². The van der Waals surface area contributed by atoms with Crippen LogP contribution < -0.4 is 5.73 Å². The Labute approximate surface area is 40.9 Å². The molecule has 2 N–H and O–H groups in total. The zero-order chi connectivity index (χ0) is 5.28. The van der Waals surface area contributed by atoms with E-state index in [2.05, 4.69) is 14.7 Å². The van der Waals surface area contributed by atoms with Crippen molar-refractivity contribution in [1.82, 2.24) is 0 Å². The molecule has 7 heavy (non-hydrogen) atoms. The summed E-state index contributed by atoms with van der Waals surface area (Å²) in [6.45, 7) is 1.71. The van der Waals surface area contributed by atoms with Crippen LogP contribution >= 0.6 is 0 Å². The van der Waals surface area contributed by atoms with Gasteiger partial charge in [0.15, 0.2) is 0 Å². The Hall–Kier alpha value is -0.930. The van der Waals surface area contributed by atoms with E-state index in [0.29, 0.717) is 0 Å². The van der Waals surface area contributed by atoms with Crippen molar-refractivity contribution in [2.45, 2.75) is 13.2 Å². The smallest absolute Gasteiger partial charge is 0.324 e. The summed E-state index contributed by atoms with van der Waals surface area (Å²) in [4.78, 5) is 4.51. The number of hydrogen-bond acceptors (Lipinski definition) is 4. The third kappa shape index (κ3) is 0.734. The van der Waals surface area contributed by atoms with E-state index in [9.17, 15) is 0 Å². The van der Waals surface area contributed by atoms with Gasteiger partial charge in [-0.05, 0) is 5.16 Å². The van der Waals surface area contributed by atoms with Crippen molar-refractivity contribution in [3.05, 3.63) is 0 Å². The van der Waals surface area contributed by atoms with Gasteiger partial charge in [-0.2, -0.15) is 0 Å². The number of ether oxygens (including phenoxy) is 1. The van der Waals surface area contributed by atoms with Gasteiger partial charge in [-0.3, -0.25) is 0 Å². The average molecular weight is 102 g/mol. The maximum atomic E-state index is 5.03. The summed E-state index contributed by atoms with van der Waals surface area (Å²) in [5.41, 5.74) is 5.03. The van der Waals surface area contributed by atoms with Crippen LogP contribution in [-0.4, -0.2) is 12.3 Å². The average Bonchev–Trinajstić information content (AvgIpc) is 1.87. The van der Waals surface area contributed by atoms with Gasteiger partial charge in [0.25, 0.3) is 6.29 Å². The molecule has 0 aromatic heterocycles. The minimum atomic E-state index is -0.306. The first kappa shape index (κ1) is 4.23. The molecule has 4 heteroatoms. The van der Waals surface area contributed by atoms with Crippen LogP contribution in [0.3, 0.4) is 0 Å². The lowest BCUT2D eigenvalue weighted by molar-refractivity contribution is -0.0323. The Morgan fingerprint density at radius 3 is 2.71 bits per heavy atom. The van der Waals surface area contributed by atoms with Gasteiger partial charge >= 0.3 is 6.02 Å². The molecule has 0 aliphatic carbocycles. The van der Waals surface area contributed by atoms with Crippen LogP contribution in [0.15, 0.2) is 5.16 Å².